The lowest BCUT2D eigenvalue weighted by Gasteiger charge is -2.22. The van der Waals surface area contributed by atoms with Crippen molar-refractivity contribution in [2.45, 2.75) is 51.9 Å². The smallest absolute Gasteiger partial charge is 0.140 e. The molecule has 4 heteroatoms. The van der Waals surface area contributed by atoms with Crippen molar-refractivity contribution in [2.75, 3.05) is 0 Å². The summed E-state index contributed by atoms with van der Waals surface area (Å²) in [5.41, 5.74) is 0.896. The van der Waals surface area contributed by atoms with Crippen molar-refractivity contribution in [2.24, 2.45) is 0 Å². The minimum atomic E-state index is -0.931. The molecule has 0 unspecified atom stereocenters. The van der Waals surface area contributed by atoms with Gasteiger partial charge in [-0.15, -0.1) is 0 Å². The van der Waals surface area contributed by atoms with Crippen molar-refractivity contribution < 1.29 is 10.2 Å². The first-order valence-corrected chi connectivity index (χ1v) is 5.46. The van der Waals surface area contributed by atoms with E-state index in [-0.39, 0.29) is 6.61 Å². The number of hydrogen-bond acceptors (Lipinski definition) is 3. The van der Waals surface area contributed by atoms with Gasteiger partial charge in [0.25, 0.3) is 0 Å². The van der Waals surface area contributed by atoms with Gasteiger partial charge >= 0.3 is 0 Å². The summed E-state index contributed by atoms with van der Waals surface area (Å²) >= 11 is 0. The van der Waals surface area contributed by atoms with Gasteiger partial charge in [0, 0.05) is 12.2 Å². The second-order valence-corrected chi connectivity index (χ2v) is 4.65. The highest BCUT2D eigenvalue weighted by molar-refractivity contribution is 5.21. The predicted octanol–water partition coefficient (Wildman–Crippen LogP) is 0.939. The molecule has 2 rings (SSSR count). The second-order valence-electron chi connectivity index (χ2n) is 4.65. The fourth-order valence-corrected chi connectivity index (χ4v) is 2.21. The molecule has 84 valence electrons. The first kappa shape index (κ1) is 10.6. The fourth-order valence-electron chi connectivity index (χ4n) is 2.21. The molecule has 0 saturated heterocycles. The van der Waals surface area contributed by atoms with Crippen LogP contribution in [0.15, 0.2) is 0 Å². The van der Waals surface area contributed by atoms with Crippen molar-refractivity contribution >= 4 is 0 Å². The van der Waals surface area contributed by atoms with Crippen molar-refractivity contribution in [1.29, 1.82) is 0 Å². The Hall–Kier alpha value is -0.870. The zero-order valence-corrected chi connectivity index (χ0v) is 9.32. The lowest BCUT2D eigenvalue weighted by molar-refractivity contribution is 0.0637. The maximum atomic E-state index is 9.99. The maximum Gasteiger partial charge on any atom is 0.140 e. The van der Waals surface area contributed by atoms with Gasteiger partial charge in [0.05, 0.1) is 12.3 Å². The van der Waals surface area contributed by atoms with Gasteiger partial charge in [-0.2, -0.15) is 0 Å². The number of imidazole rings is 1. The number of aliphatic hydroxyl groups is 2. The van der Waals surface area contributed by atoms with Gasteiger partial charge in [0.2, 0.25) is 0 Å². The van der Waals surface area contributed by atoms with Crippen LogP contribution in [0.3, 0.4) is 0 Å². The van der Waals surface area contributed by atoms with Gasteiger partial charge in [-0.3, -0.25) is 0 Å². The summed E-state index contributed by atoms with van der Waals surface area (Å²) < 4.78 is 2.06. The van der Waals surface area contributed by atoms with Crippen LogP contribution in [-0.2, 0) is 25.2 Å². The fraction of sp³-hybridized carbons (Fsp3) is 0.727. The lowest BCUT2D eigenvalue weighted by Crippen LogP contribution is -2.24. The van der Waals surface area contributed by atoms with Gasteiger partial charge in [-0.25, -0.2) is 4.98 Å². The SMILES string of the molecule is CC(C)(O)c1nc(CO)c2n1CCCC2. The van der Waals surface area contributed by atoms with Gasteiger partial charge in [-0.05, 0) is 33.1 Å². The molecule has 0 spiro atoms. The molecule has 1 aliphatic rings. The molecule has 2 N–H and O–H groups in total. The second kappa shape index (κ2) is 3.61. The van der Waals surface area contributed by atoms with Crippen LogP contribution >= 0.6 is 0 Å². The molecule has 0 aliphatic carbocycles. The highest BCUT2D eigenvalue weighted by Gasteiger charge is 2.28. The summed E-state index contributed by atoms with van der Waals surface area (Å²) in [5.74, 6) is 0.682. The molecule has 0 saturated carbocycles. The Morgan fingerprint density at radius 1 is 1.40 bits per heavy atom. The molecule has 0 fully saturated rings. The van der Waals surface area contributed by atoms with Crippen LogP contribution in [0.25, 0.3) is 0 Å². The summed E-state index contributed by atoms with van der Waals surface area (Å²) in [5, 5.41) is 19.2. The van der Waals surface area contributed by atoms with Crippen LogP contribution in [0.4, 0.5) is 0 Å². The Morgan fingerprint density at radius 2 is 2.13 bits per heavy atom. The van der Waals surface area contributed by atoms with E-state index in [2.05, 4.69) is 9.55 Å². The highest BCUT2D eigenvalue weighted by Crippen LogP contribution is 2.27. The van der Waals surface area contributed by atoms with Crippen molar-refractivity contribution in [3.63, 3.8) is 0 Å². The average molecular weight is 210 g/mol. The molecular weight excluding hydrogens is 192 g/mol. The van der Waals surface area contributed by atoms with Crippen LogP contribution in [0.1, 0.15) is 43.9 Å². The molecule has 1 aromatic heterocycles. The molecule has 1 aromatic rings. The highest BCUT2D eigenvalue weighted by atomic mass is 16.3. The summed E-state index contributed by atoms with van der Waals surface area (Å²) in [6.45, 7) is 4.34. The zero-order valence-electron chi connectivity index (χ0n) is 9.32. The van der Waals surface area contributed by atoms with E-state index in [9.17, 15) is 10.2 Å². The minimum absolute atomic E-state index is 0.0363. The average Bonchev–Trinajstić information content (AvgIpc) is 2.55. The quantitative estimate of drug-likeness (QED) is 0.763. The monoisotopic (exact) mass is 210 g/mol. The van der Waals surface area contributed by atoms with Gasteiger partial charge in [0.15, 0.2) is 0 Å². The molecular formula is C11H18N2O2. The van der Waals surface area contributed by atoms with Crippen LogP contribution in [-0.4, -0.2) is 19.8 Å². The lowest BCUT2D eigenvalue weighted by atomic mass is 10.1. The van der Waals surface area contributed by atoms with E-state index in [4.69, 9.17) is 0 Å². The van der Waals surface area contributed by atoms with Crippen LogP contribution in [0.2, 0.25) is 0 Å². The topological polar surface area (TPSA) is 58.3 Å². The third-order valence-corrected chi connectivity index (χ3v) is 2.90. The van der Waals surface area contributed by atoms with Crippen LogP contribution < -0.4 is 0 Å². The van der Waals surface area contributed by atoms with Crippen molar-refractivity contribution in [1.82, 2.24) is 9.55 Å². The van der Waals surface area contributed by atoms with E-state index >= 15 is 0 Å². The van der Waals surface area contributed by atoms with Gasteiger partial charge in [-0.1, -0.05) is 0 Å². The Balaban J connectivity index is 2.52. The summed E-state index contributed by atoms with van der Waals surface area (Å²) in [7, 11) is 0. The van der Waals surface area contributed by atoms with E-state index in [1.165, 1.54) is 0 Å². The standard InChI is InChI=1S/C11H18N2O2/c1-11(2,15)10-12-8(7-14)9-5-3-4-6-13(9)10/h14-15H,3-7H2,1-2H3. The van der Waals surface area contributed by atoms with Crippen LogP contribution in [0.5, 0.6) is 0 Å². The molecule has 0 amide bonds. The van der Waals surface area contributed by atoms with E-state index in [0.29, 0.717) is 5.82 Å². The molecule has 4 nitrogen and oxygen atoms in total. The molecule has 2 heterocycles. The Morgan fingerprint density at radius 3 is 2.73 bits per heavy atom. The Bertz CT molecular complexity index is 363. The molecule has 0 radical (unpaired) electrons. The third-order valence-electron chi connectivity index (χ3n) is 2.90. The molecule has 15 heavy (non-hydrogen) atoms. The van der Waals surface area contributed by atoms with Gasteiger partial charge in [0.1, 0.15) is 11.4 Å². The Labute approximate surface area is 89.6 Å². The summed E-state index contributed by atoms with van der Waals surface area (Å²) in [4.78, 5) is 4.34. The molecule has 0 aromatic carbocycles. The number of hydrogen-bond donors (Lipinski definition) is 2. The van der Waals surface area contributed by atoms with E-state index in [1.54, 1.807) is 13.8 Å². The largest absolute Gasteiger partial charge is 0.390 e. The van der Waals surface area contributed by atoms with E-state index in [0.717, 1.165) is 37.2 Å². The van der Waals surface area contributed by atoms with E-state index < -0.39 is 5.60 Å². The van der Waals surface area contributed by atoms with Crippen molar-refractivity contribution in [3.8, 4) is 0 Å². The number of aromatic nitrogens is 2. The third kappa shape index (κ3) is 1.79. The predicted molar refractivity (Wildman–Crippen MR) is 56.3 cm³/mol. The van der Waals surface area contributed by atoms with E-state index in [1.807, 2.05) is 0 Å². The normalized spacial score (nSPS) is 16.5. The molecule has 0 atom stereocenters. The van der Waals surface area contributed by atoms with Crippen LogP contribution in [0, 0.1) is 0 Å². The summed E-state index contributed by atoms with van der Waals surface area (Å²) in [6.07, 6.45) is 3.22. The van der Waals surface area contributed by atoms with Gasteiger partial charge < -0.3 is 14.8 Å². The number of rotatable bonds is 2. The zero-order chi connectivity index (χ0) is 11.1. The maximum absolute atomic E-state index is 9.99. The number of nitrogens with zero attached hydrogens (tertiary/aromatic N) is 2. The Kier molecular flexibility index (Phi) is 2.56. The first-order valence-electron chi connectivity index (χ1n) is 5.46. The molecule has 0 bridgehead atoms. The van der Waals surface area contributed by atoms with Crippen molar-refractivity contribution in [3.05, 3.63) is 17.2 Å². The molecule has 1 aliphatic heterocycles. The minimum Gasteiger partial charge on any atom is -0.390 e. The number of aliphatic hydroxyl groups excluding tert-OH is 1. The number of fused-ring (bicyclic) bond motifs is 1. The first-order chi connectivity index (χ1) is 7.04. The summed E-state index contributed by atoms with van der Waals surface area (Å²) in [6, 6.07) is 0.